The SMILES string of the molecule is CCCCCC(C)CSc1cccc(C(=O)CCN)c1. The maximum atomic E-state index is 11.8. The van der Waals surface area contributed by atoms with E-state index < -0.39 is 0 Å². The second-order valence-corrected chi connectivity index (χ2v) is 6.50. The van der Waals surface area contributed by atoms with E-state index in [1.54, 1.807) is 0 Å². The molecule has 0 aromatic heterocycles. The molecule has 0 aliphatic rings. The molecule has 0 saturated carbocycles. The van der Waals surface area contributed by atoms with Crippen molar-refractivity contribution in [1.82, 2.24) is 0 Å². The summed E-state index contributed by atoms with van der Waals surface area (Å²) in [6.07, 6.45) is 5.67. The third-order valence-corrected chi connectivity index (χ3v) is 4.69. The van der Waals surface area contributed by atoms with Crippen molar-refractivity contribution < 1.29 is 4.79 Å². The van der Waals surface area contributed by atoms with Crippen LogP contribution in [0.25, 0.3) is 0 Å². The van der Waals surface area contributed by atoms with Crippen LogP contribution in [-0.2, 0) is 0 Å². The lowest BCUT2D eigenvalue weighted by Gasteiger charge is -2.11. The third kappa shape index (κ3) is 6.58. The molecule has 1 rings (SSSR count). The average molecular weight is 293 g/mol. The Balaban J connectivity index is 2.44. The quantitative estimate of drug-likeness (QED) is 0.391. The molecule has 2 N–H and O–H groups in total. The maximum absolute atomic E-state index is 11.8. The Hall–Kier alpha value is -0.800. The van der Waals surface area contributed by atoms with Crippen molar-refractivity contribution >= 4 is 17.5 Å². The lowest BCUT2D eigenvalue weighted by Crippen LogP contribution is -2.08. The topological polar surface area (TPSA) is 43.1 Å². The first-order valence-electron chi connectivity index (χ1n) is 7.63. The van der Waals surface area contributed by atoms with Crippen molar-refractivity contribution in [1.29, 1.82) is 0 Å². The largest absolute Gasteiger partial charge is 0.330 e. The first-order chi connectivity index (χ1) is 9.67. The summed E-state index contributed by atoms with van der Waals surface area (Å²) in [5.41, 5.74) is 6.23. The van der Waals surface area contributed by atoms with Crippen molar-refractivity contribution in [2.75, 3.05) is 12.3 Å². The van der Waals surface area contributed by atoms with Gasteiger partial charge in [0.05, 0.1) is 0 Å². The third-order valence-electron chi connectivity index (χ3n) is 3.36. The molecule has 1 unspecified atom stereocenters. The fourth-order valence-corrected chi connectivity index (χ4v) is 3.13. The fraction of sp³-hybridized carbons (Fsp3) is 0.588. The minimum atomic E-state index is 0.144. The second kappa shape index (κ2) is 10.0. The Morgan fingerprint density at radius 1 is 1.35 bits per heavy atom. The van der Waals surface area contributed by atoms with Crippen LogP contribution in [0.3, 0.4) is 0 Å². The van der Waals surface area contributed by atoms with Gasteiger partial charge in [-0.3, -0.25) is 4.79 Å². The zero-order valence-corrected chi connectivity index (χ0v) is 13.5. The van der Waals surface area contributed by atoms with Crippen LogP contribution in [0.4, 0.5) is 0 Å². The van der Waals surface area contributed by atoms with Gasteiger partial charge in [0, 0.05) is 22.6 Å². The number of ketones is 1. The highest BCUT2D eigenvalue weighted by molar-refractivity contribution is 7.99. The van der Waals surface area contributed by atoms with Crippen molar-refractivity contribution in [3.8, 4) is 0 Å². The summed E-state index contributed by atoms with van der Waals surface area (Å²) in [6, 6.07) is 7.94. The standard InChI is InChI=1S/C17H27NOS/c1-3-4-5-7-14(2)13-20-16-9-6-8-15(12-16)17(19)10-11-18/h6,8-9,12,14H,3-5,7,10-11,13,18H2,1-2H3. The van der Waals surface area contributed by atoms with Gasteiger partial charge in [0.25, 0.3) is 0 Å². The summed E-state index contributed by atoms with van der Waals surface area (Å²) in [4.78, 5) is 13.0. The summed E-state index contributed by atoms with van der Waals surface area (Å²) >= 11 is 1.85. The normalized spacial score (nSPS) is 12.3. The van der Waals surface area contributed by atoms with Crippen LogP contribution in [0.5, 0.6) is 0 Å². The molecule has 112 valence electrons. The molecular formula is C17H27NOS. The summed E-state index contributed by atoms with van der Waals surface area (Å²) in [5, 5.41) is 0. The van der Waals surface area contributed by atoms with E-state index in [4.69, 9.17) is 5.73 Å². The predicted octanol–water partition coefficient (Wildman–Crippen LogP) is 4.53. The molecule has 0 aliphatic heterocycles. The summed E-state index contributed by atoms with van der Waals surface area (Å²) in [5.74, 6) is 2.00. The maximum Gasteiger partial charge on any atom is 0.164 e. The first-order valence-corrected chi connectivity index (χ1v) is 8.62. The number of benzene rings is 1. The van der Waals surface area contributed by atoms with E-state index in [0.29, 0.717) is 13.0 Å². The Kier molecular flexibility index (Phi) is 8.63. The molecule has 0 saturated heterocycles. The van der Waals surface area contributed by atoms with Gasteiger partial charge in [0.1, 0.15) is 0 Å². The smallest absolute Gasteiger partial charge is 0.164 e. The van der Waals surface area contributed by atoms with E-state index in [2.05, 4.69) is 19.9 Å². The minimum absolute atomic E-state index is 0.144. The highest BCUT2D eigenvalue weighted by atomic mass is 32.2. The number of thioether (sulfide) groups is 1. The molecule has 0 spiro atoms. The number of hydrogen-bond donors (Lipinski definition) is 1. The molecule has 0 radical (unpaired) electrons. The molecule has 1 aromatic rings. The van der Waals surface area contributed by atoms with Crippen LogP contribution in [0.15, 0.2) is 29.2 Å². The molecule has 0 heterocycles. The van der Waals surface area contributed by atoms with Gasteiger partial charge in [-0.1, -0.05) is 45.2 Å². The van der Waals surface area contributed by atoms with Crippen LogP contribution in [0, 0.1) is 5.92 Å². The highest BCUT2D eigenvalue weighted by Gasteiger charge is 2.07. The molecule has 1 atom stereocenters. The monoisotopic (exact) mass is 293 g/mol. The molecule has 0 fully saturated rings. The van der Waals surface area contributed by atoms with Gasteiger partial charge in [-0.05, 0) is 31.0 Å². The number of nitrogens with two attached hydrogens (primary N) is 1. The molecule has 20 heavy (non-hydrogen) atoms. The Bertz CT molecular complexity index is 406. The number of unbranched alkanes of at least 4 members (excludes halogenated alkanes) is 2. The van der Waals surface area contributed by atoms with Crippen LogP contribution >= 0.6 is 11.8 Å². The second-order valence-electron chi connectivity index (χ2n) is 5.40. The van der Waals surface area contributed by atoms with Crippen LogP contribution in [0.2, 0.25) is 0 Å². The van der Waals surface area contributed by atoms with Gasteiger partial charge in [-0.15, -0.1) is 11.8 Å². The average Bonchev–Trinajstić information content (AvgIpc) is 2.46. The molecule has 1 aromatic carbocycles. The van der Waals surface area contributed by atoms with Crippen LogP contribution in [0.1, 0.15) is 56.3 Å². The number of carbonyl (C=O) groups excluding carboxylic acids is 1. The molecule has 0 aliphatic carbocycles. The zero-order chi connectivity index (χ0) is 14.8. The predicted molar refractivity (Wildman–Crippen MR) is 88.5 cm³/mol. The number of Topliss-reactive ketones (excluding diaryl/α,β-unsaturated/α-hetero) is 1. The van der Waals surface area contributed by atoms with Crippen LogP contribution in [-0.4, -0.2) is 18.1 Å². The van der Waals surface area contributed by atoms with E-state index in [-0.39, 0.29) is 5.78 Å². The molecule has 3 heteroatoms. The number of rotatable bonds is 10. The van der Waals surface area contributed by atoms with E-state index in [1.165, 1.54) is 30.6 Å². The van der Waals surface area contributed by atoms with E-state index in [1.807, 2.05) is 30.0 Å². The minimum Gasteiger partial charge on any atom is -0.330 e. The molecule has 0 bridgehead atoms. The summed E-state index contributed by atoms with van der Waals surface area (Å²) in [7, 11) is 0. The van der Waals surface area contributed by atoms with Gasteiger partial charge in [-0.2, -0.15) is 0 Å². The Morgan fingerprint density at radius 2 is 2.15 bits per heavy atom. The zero-order valence-electron chi connectivity index (χ0n) is 12.7. The van der Waals surface area contributed by atoms with Crippen molar-refractivity contribution in [3.05, 3.63) is 29.8 Å². The van der Waals surface area contributed by atoms with E-state index in [9.17, 15) is 4.79 Å². The lowest BCUT2D eigenvalue weighted by atomic mass is 10.1. The molecule has 0 amide bonds. The van der Waals surface area contributed by atoms with E-state index in [0.717, 1.165) is 17.2 Å². The highest BCUT2D eigenvalue weighted by Crippen LogP contribution is 2.24. The first kappa shape index (κ1) is 17.3. The van der Waals surface area contributed by atoms with Gasteiger partial charge >= 0.3 is 0 Å². The van der Waals surface area contributed by atoms with Crippen LogP contribution < -0.4 is 5.73 Å². The van der Waals surface area contributed by atoms with Crippen molar-refractivity contribution in [2.45, 2.75) is 50.8 Å². The van der Waals surface area contributed by atoms with Gasteiger partial charge in [0.15, 0.2) is 5.78 Å². The molecular weight excluding hydrogens is 266 g/mol. The van der Waals surface area contributed by atoms with Gasteiger partial charge < -0.3 is 5.73 Å². The summed E-state index contributed by atoms with van der Waals surface area (Å²) < 4.78 is 0. The van der Waals surface area contributed by atoms with Crippen molar-refractivity contribution in [2.24, 2.45) is 11.7 Å². The number of carbonyl (C=O) groups is 1. The molecule has 2 nitrogen and oxygen atoms in total. The number of hydrogen-bond acceptors (Lipinski definition) is 3. The van der Waals surface area contributed by atoms with Gasteiger partial charge in [0.2, 0.25) is 0 Å². The Morgan fingerprint density at radius 3 is 2.85 bits per heavy atom. The summed E-state index contributed by atoms with van der Waals surface area (Å²) in [6.45, 7) is 4.97. The van der Waals surface area contributed by atoms with Gasteiger partial charge in [-0.25, -0.2) is 0 Å². The lowest BCUT2D eigenvalue weighted by molar-refractivity contribution is 0.0985. The van der Waals surface area contributed by atoms with Crippen molar-refractivity contribution in [3.63, 3.8) is 0 Å². The fourth-order valence-electron chi connectivity index (χ4n) is 2.10. The Labute approximate surface area is 127 Å². The van der Waals surface area contributed by atoms with E-state index >= 15 is 0 Å².